The Balaban J connectivity index is 4.39. The van der Waals surface area contributed by atoms with Crippen LogP contribution in [0.4, 0.5) is 0 Å². The normalized spacial score (nSPS) is 14.2. The maximum absolute atomic E-state index is 12.6. The van der Waals surface area contributed by atoms with Crippen LogP contribution in [0.25, 0.3) is 0 Å². The van der Waals surface area contributed by atoms with Crippen LogP contribution in [-0.4, -0.2) is 11.1 Å². The van der Waals surface area contributed by atoms with Gasteiger partial charge >= 0.3 is 5.97 Å². The third-order valence-electron chi connectivity index (χ3n) is 7.18. The topological polar surface area (TPSA) is 37.3 Å². The van der Waals surface area contributed by atoms with Crippen molar-refractivity contribution in [3.63, 3.8) is 0 Å². The minimum absolute atomic E-state index is 0.153. The molecule has 0 spiro atoms. The molecule has 0 saturated carbocycles. The first kappa shape index (κ1) is 33.2. The van der Waals surface area contributed by atoms with Crippen LogP contribution in [0.15, 0.2) is 12.2 Å². The van der Waals surface area contributed by atoms with E-state index in [1.54, 1.807) is 0 Å². The maximum Gasteiger partial charge on any atom is 0.309 e. The van der Waals surface area contributed by atoms with Gasteiger partial charge in [-0.25, -0.2) is 0 Å². The molecular weight excluding hydrogens is 416 g/mol. The van der Waals surface area contributed by atoms with Crippen LogP contribution in [0.2, 0.25) is 0 Å². The molecule has 0 radical (unpaired) electrons. The molecule has 0 aromatic rings. The first-order chi connectivity index (χ1) is 15.8. The Hall–Kier alpha value is -0.790. The third kappa shape index (κ3) is 18.5. The first-order valence-corrected chi connectivity index (χ1v) is 14.7. The molecule has 1 unspecified atom stereocenters. The van der Waals surface area contributed by atoms with Gasteiger partial charge in [0.1, 0.15) is 0 Å². The van der Waals surface area contributed by atoms with Crippen LogP contribution in [-0.2, 0) is 4.79 Å². The van der Waals surface area contributed by atoms with Crippen molar-refractivity contribution in [1.82, 2.24) is 0 Å². The number of unbranched alkanes of at least 4 members (excludes halogenated alkanes) is 13. The first-order valence-electron chi connectivity index (χ1n) is 14.7. The van der Waals surface area contributed by atoms with Crippen LogP contribution in [0.3, 0.4) is 0 Å². The molecule has 0 aliphatic carbocycles. The summed E-state index contributed by atoms with van der Waals surface area (Å²) in [6.07, 6.45) is 22.7. The number of carboxylic acid groups (broad SMARTS) is 1. The second-order valence-corrected chi connectivity index (χ2v) is 13.7. The van der Waals surface area contributed by atoms with E-state index in [0.29, 0.717) is 6.42 Å². The van der Waals surface area contributed by atoms with Crippen LogP contribution < -0.4 is 0 Å². The number of rotatable bonds is 21. The highest BCUT2D eigenvalue weighted by Gasteiger charge is 2.39. The van der Waals surface area contributed by atoms with Gasteiger partial charge in [-0.3, -0.25) is 4.79 Å². The zero-order chi connectivity index (χ0) is 26.1. The fourth-order valence-electron chi connectivity index (χ4n) is 5.15. The molecule has 0 aliphatic heterocycles. The van der Waals surface area contributed by atoms with Gasteiger partial charge < -0.3 is 5.11 Å². The van der Waals surface area contributed by atoms with E-state index in [9.17, 15) is 9.90 Å². The average Bonchev–Trinajstić information content (AvgIpc) is 2.70. The standard InChI is InChI=1S/C32H62O2/c1-9-10-11-12-13-14-15-16-17-18-19-20-21-22-23-32(29(33)34,25-24-30(3,4)5)27-28(2)26-31(6,7)8/h2,9-27H2,1,3-8H3,(H,33,34). The molecule has 2 heteroatoms. The molecule has 0 aliphatic rings. The summed E-state index contributed by atoms with van der Waals surface area (Å²) in [5, 5.41) is 10.3. The van der Waals surface area contributed by atoms with Crippen LogP contribution in [0.5, 0.6) is 0 Å². The lowest BCUT2D eigenvalue weighted by molar-refractivity contribution is -0.150. The highest BCUT2D eigenvalue weighted by Crippen LogP contribution is 2.42. The summed E-state index contributed by atoms with van der Waals surface area (Å²) in [6, 6.07) is 0. The lowest BCUT2D eigenvalue weighted by Gasteiger charge is -2.34. The lowest BCUT2D eigenvalue weighted by atomic mass is 9.69. The predicted octanol–water partition coefficient (Wildman–Crippen LogP) is 11.1. The second kappa shape index (κ2) is 17.6. The molecule has 2 nitrogen and oxygen atoms in total. The summed E-state index contributed by atoms with van der Waals surface area (Å²) in [5.41, 5.74) is 0.767. The second-order valence-electron chi connectivity index (χ2n) is 13.7. The Bertz CT molecular complexity index is 534. The quantitative estimate of drug-likeness (QED) is 0.131. The molecule has 0 aromatic heterocycles. The van der Waals surface area contributed by atoms with E-state index >= 15 is 0 Å². The van der Waals surface area contributed by atoms with Gasteiger partial charge in [-0.2, -0.15) is 0 Å². The highest BCUT2D eigenvalue weighted by atomic mass is 16.4. The van der Waals surface area contributed by atoms with Gasteiger partial charge in [-0.15, -0.1) is 0 Å². The molecule has 0 heterocycles. The van der Waals surface area contributed by atoms with Gasteiger partial charge in [0.2, 0.25) is 0 Å². The highest BCUT2D eigenvalue weighted by molar-refractivity contribution is 5.75. The summed E-state index contributed by atoms with van der Waals surface area (Å²) in [4.78, 5) is 12.6. The van der Waals surface area contributed by atoms with Gasteiger partial charge in [0, 0.05) is 0 Å². The molecule has 34 heavy (non-hydrogen) atoms. The van der Waals surface area contributed by atoms with Crippen molar-refractivity contribution in [2.45, 2.75) is 170 Å². The number of aliphatic carboxylic acids is 1. The zero-order valence-corrected chi connectivity index (χ0v) is 24.5. The molecule has 0 aromatic carbocycles. The number of carboxylic acids is 1. The Morgan fingerprint density at radius 3 is 1.35 bits per heavy atom. The van der Waals surface area contributed by atoms with Crippen LogP contribution >= 0.6 is 0 Å². The predicted molar refractivity (Wildman–Crippen MR) is 152 cm³/mol. The lowest BCUT2D eigenvalue weighted by Crippen LogP contribution is -2.33. The maximum atomic E-state index is 12.6. The molecule has 0 fully saturated rings. The van der Waals surface area contributed by atoms with E-state index < -0.39 is 11.4 Å². The Kier molecular flexibility index (Phi) is 17.2. The summed E-state index contributed by atoms with van der Waals surface area (Å²) in [7, 11) is 0. The number of hydrogen-bond acceptors (Lipinski definition) is 1. The largest absolute Gasteiger partial charge is 0.481 e. The molecule has 0 bridgehead atoms. The SMILES string of the molecule is C=C(CC(C)(C)C)CC(CCCCCCCCCCCCCCCC)(CCC(C)(C)C)C(=O)O. The van der Waals surface area contributed by atoms with E-state index in [-0.39, 0.29) is 10.8 Å². The van der Waals surface area contributed by atoms with Crippen molar-refractivity contribution >= 4 is 5.97 Å². The Labute approximate surface area is 214 Å². The Morgan fingerprint density at radius 2 is 1.00 bits per heavy atom. The molecule has 0 amide bonds. The van der Waals surface area contributed by atoms with E-state index in [1.165, 1.54) is 77.0 Å². The molecule has 0 saturated heterocycles. The molecule has 1 atom stereocenters. The molecule has 202 valence electrons. The minimum Gasteiger partial charge on any atom is -0.481 e. The number of carbonyl (C=O) groups is 1. The van der Waals surface area contributed by atoms with Crippen molar-refractivity contribution in [2.24, 2.45) is 16.2 Å². The van der Waals surface area contributed by atoms with Crippen LogP contribution in [0.1, 0.15) is 170 Å². The van der Waals surface area contributed by atoms with Gasteiger partial charge in [-0.05, 0) is 42.9 Å². The minimum atomic E-state index is -0.646. The summed E-state index contributed by atoms with van der Waals surface area (Å²) in [5.74, 6) is -0.610. The average molecular weight is 479 g/mol. The fraction of sp³-hybridized carbons (Fsp3) is 0.906. The summed E-state index contributed by atoms with van der Waals surface area (Å²) >= 11 is 0. The molecule has 0 rings (SSSR count). The molecule has 1 N–H and O–H groups in total. The summed E-state index contributed by atoms with van der Waals surface area (Å²) in [6.45, 7) is 19.9. The van der Waals surface area contributed by atoms with Crippen LogP contribution in [0, 0.1) is 16.2 Å². The monoisotopic (exact) mass is 478 g/mol. The van der Waals surface area contributed by atoms with Gasteiger partial charge in [0.05, 0.1) is 5.41 Å². The van der Waals surface area contributed by atoms with Gasteiger partial charge in [-0.1, -0.05) is 151 Å². The summed E-state index contributed by atoms with van der Waals surface area (Å²) < 4.78 is 0. The van der Waals surface area contributed by atoms with Gasteiger partial charge in [0.25, 0.3) is 0 Å². The molecular formula is C32H62O2. The third-order valence-corrected chi connectivity index (χ3v) is 7.18. The van der Waals surface area contributed by atoms with Crippen molar-refractivity contribution < 1.29 is 9.90 Å². The van der Waals surface area contributed by atoms with Crippen molar-refractivity contribution in [3.05, 3.63) is 12.2 Å². The zero-order valence-electron chi connectivity index (χ0n) is 24.5. The number of hydrogen-bond donors (Lipinski definition) is 1. The van der Waals surface area contributed by atoms with Crippen molar-refractivity contribution in [2.75, 3.05) is 0 Å². The van der Waals surface area contributed by atoms with E-state index in [1.807, 2.05) is 0 Å². The van der Waals surface area contributed by atoms with Gasteiger partial charge in [0.15, 0.2) is 0 Å². The smallest absolute Gasteiger partial charge is 0.309 e. The fourth-order valence-corrected chi connectivity index (χ4v) is 5.15. The van der Waals surface area contributed by atoms with E-state index in [0.717, 1.165) is 44.1 Å². The number of allylic oxidation sites excluding steroid dienone is 1. The van der Waals surface area contributed by atoms with Crippen molar-refractivity contribution in [3.8, 4) is 0 Å². The van der Waals surface area contributed by atoms with Crippen molar-refractivity contribution in [1.29, 1.82) is 0 Å². The Morgan fingerprint density at radius 1 is 0.588 bits per heavy atom. The van der Waals surface area contributed by atoms with E-state index in [2.05, 4.69) is 55.0 Å². The van der Waals surface area contributed by atoms with E-state index in [4.69, 9.17) is 0 Å².